The van der Waals surface area contributed by atoms with Gasteiger partial charge in [-0.3, -0.25) is 0 Å². The lowest BCUT2D eigenvalue weighted by atomic mass is 10.2. The van der Waals surface area contributed by atoms with Gasteiger partial charge in [-0.2, -0.15) is 0 Å². The maximum atomic E-state index is 12.2. The summed E-state index contributed by atoms with van der Waals surface area (Å²) in [6.45, 7) is 7.59. The molecule has 0 spiro atoms. The van der Waals surface area contributed by atoms with Gasteiger partial charge in [0, 0.05) is 32.7 Å². The van der Waals surface area contributed by atoms with Crippen LogP contribution in [0.1, 0.15) is 18.9 Å². The number of aryl methyl sites for hydroxylation is 1. The first-order valence-corrected chi connectivity index (χ1v) is 9.12. The van der Waals surface area contributed by atoms with Crippen LogP contribution < -0.4 is 10.0 Å². The molecule has 1 fully saturated rings. The molecule has 0 aromatic heterocycles. The Kier molecular flexibility index (Phi) is 6.17. The average Bonchev–Trinajstić information content (AvgIpc) is 2.53. The van der Waals surface area contributed by atoms with Crippen LogP contribution >= 0.6 is 0 Å². The summed E-state index contributed by atoms with van der Waals surface area (Å²) in [6.07, 6.45) is 1.68. The molecule has 0 atom stereocenters. The van der Waals surface area contributed by atoms with E-state index in [1.807, 2.05) is 13.0 Å². The molecule has 0 amide bonds. The third kappa shape index (κ3) is 5.07. The van der Waals surface area contributed by atoms with Crippen LogP contribution in [0.25, 0.3) is 0 Å². The molecule has 1 saturated heterocycles. The van der Waals surface area contributed by atoms with Crippen LogP contribution in [0.4, 0.5) is 0 Å². The first kappa shape index (κ1) is 16.4. The lowest BCUT2D eigenvalue weighted by molar-refractivity contribution is 0.239. The fraction of sp³-hybridized carbons (Fsp3) is 0.600. The van der Waals surface area contributed by atoms with Crippen molar-refractivity contribution >= 4 is 10.0 Å². The van der Waals surface area contributed by atoms with Gasteiger partial charge in [0.2, 0.25) is 10.0 Å². The summed E-state index contributed by atoms with van der Waals surface area (Å²) >= 11 is 0. The highest BCUT2D eigenvalue weighted by Gasteiger charge is 2.14. The molecule has 5 nitrogen and oxygen atoms in total. The Bertz CT molecular complexity index is 540. The van der Waals surface area contributed by atoms with Crippen molar-refractivity contribution in [2.24, 2.45) is 0 Å². The molecular formula is C15H25N3O2S. The Labute approximate surface area is 127 Å². The van der Waals surface area contributed by atoms with E-state index >= 15 is 0 Å². The minimum atomic E-state index is -3.38. The Morgan fingerprint density at radius 1 is 1.29 bits per heavy atom. The first-order valence-electron chi connectivity index (χ1n) is 7.63. The number of nitrogens with zero attached hydrogens (tertiary/aromatic N) is 1. The molecular weight excluding hydrogens is 286 g/mol. The molecule has 1 aliphatic rings. The van der Waals surface area contributed by atoms with Crippen molar-refractivity contribution in [2.45, 2.75) is 24.7 Å². The molecule has 6 heteroatoms. The smallest absolute Gasteiger partial charge is 0.240 e. The van der Waals surface area contributed by atoms with E-state index in [1.54, 1.807) is 18.2 Å². The minimum Gasteiger partial charge on any atom is -0.314 e. The topological polar surface area (TPSA) is 61.4 Å². The largest absolute Gasteiger partial charge is 0.314 e. The highest BCUT2D eigenvalue weighted by molar-refractivity contribution is 7.89. The van der Waals surface area contributed by atoms with Crippen LogP contribution in [-0.2, 0) is 16.4 Å². The van der Waals surface area contributed by atoms with Crippen molar-refractivity contribution in [3.05, 3.63) is 29.8 Å². The molecule has 1 aromatic carbocycles. The second kappa shape index (κ2) is 7.89. The van der Waals surface area contributed by atoms with E-state index in [9.17, 15) is 8.42 Å². The Balaban J connectivity index is 1.80. The van der Waals surface area contributed by atoms with E-state index in [4.69, 9.17) is 0 Å². The van der Waals surface area contributed by atoms with Crippen molar-refractivity contribution in [3.8, 4) is 0 Å². The maximum absolute atomic E-state index is 12.2. The molecule has 0 unspecified atom stereocenters. The zero-order valence-corrected chi connectivity index (χ0v) is 13.5. The van der Waals surface area contributed by atoms with Gasteiger partial charge in [0.1, 0.15) is 0 Å². The van der Waals surface area contributed by atoms with Gasteiger partial charge in [-0.15, -0.1) is 0 Å². The maximum Gasteiger partial charge on any atom is 0.240 e. The molecule has 21 heavy (non-hydrogen) atoms. The number of piperazine rings is 1. The van der Waals surface area contributed by atoms with Gasteiger partial charge < -0.3 is 10.2 Å². The highest BCUT2D eigenvalue weighted by atomic mass is 32.2. The van der Waals surface area contributed by atoms with Gasteiger partial charge in [-0.1, -0.05) is 19.1 Å². The number of sulfonamides is 1. The summed E-state index contributed by atoms with van der Waals surface area (Å²) in [5, 5.41) is 3.31. The van der Waals surface area contributed by atoms with E-state index in [1.165, 1.54) is 0 Å². The zero-order valence-electron chi connectivity index (χ0n) is 12.6. The molecule has 0 saturated carbocycles. The standard InChI is InChI=1S/C15H25N3O2S/c1-2-14-5-3-6-15(13-14)21(19,20)17-7-4-10-18-11-8-16-9-12-18/h3,5-6,13,16-17H,2,4,7-12H2,1H3. The summed E-state index contributed by atoms with van der Waals surface area (Å²) in [5.41, 5.74) is 1.04. The molecule has 2 rings (SSSR count). The number of rotatable bonds is 7. The Morgan fingerprint density at radius 2 is 2.05 bits per heavy atom. The fourth-order valence-electron chi connectivity index (χ4n) is 2.46. The zero-order chi connectivity index (χ0) is 15.1. The van der Waals surface area contributed by atoms with Crippen molar-refractivity contribution in [2.75, 3.05) is 39.3 Å². The highest BCUT2D eigenvalue weighted by Crippen LogP contribution is 2.11. The first-order chi connectivity index (χ1) is 10.1. The number of hydrogen-bond acceptors (Lipinski definition) is 4. The normalized spacial score (nSPS) is 17.0. The molecule has 118 valence electrons. The van der Waals surface area contributed by atoms with E-state index in [2.05, 4.69) is 14.9 Å². The second-order valence-corrected chi connectivity index (χ2v) is 7.11. The summed E-state index contributed by atoms with van der Waals surface area (Å²) in [5.74, 6) is 0. The molecule has 1 aliphatic heterocycles. The third-order valence-electron chi connectivity index (χ3n) is 3.77. The number of nitrogens with one attached hydrogen (secondary N) is 2. The van der Waals surface area contributed by atoms with Crippen LogP contribution in [0, 0.1) is 0 Å². The minimum absolute atomic E-state index is 0.365. The van der Waals surface area contributed by atoms with E-state index in [-0.39, 0.29) is 0 Å². The summed E-state index contributed by atoms with van der Waals surface area (Å²) in [7, 11) is -3.38. The Morgan fingerprint density at radius 3 is 2.76 bits per heavy atom. The second-order valence-electron chi connectivity index (χ2n) is 5.34. The third-order valence-corrected chi connectivity index (χ3v) is 5.23. The predicted octanol–water partition coefficient (Wildman–Crippen LogP) is 0.823. The van der Waals surface area contributed by atoms with Gasteiger partial charge in [0.05, 0.1) is 4.90 Å². The quantitative estimate of drug-likeness (QED) is 0.732. The molecule has 1 aromatic rings. The average molecular weight is 311 g/mol. The van der Waals surface area contributed by atoms with Crippen LogP contribution in [-0.4, -0.2) is 52.6 Å². The Hall–Kier alpha value is -0.950. The molecule has 0 radical (unpaired) electrons. The van der Waals surface area contributed by atoms with Crippen LogP contribution in [0.3, 0.4) is 0 Å². The molecule has 1 heterocycles. The summed E-state index contributed by atoms with van der Waals surface area (Å²) in [4.78, 5) is 2.73. The predicted molar refractivity (Wildman–Crippen MR) is 84.9 cm³/mol. The van der Waals surface area contributed by atoms with Crippen molar-refractivity contribution < 1.29 is 8.42 Å². The monoisotopic (exact) mass is 311 g/mol. The fourth-order valence-corrected chi connectivity index (χ4v) is 3.60. The van der Waals surface area contributed by atoms with Crippen molar-refractivity contribution in [1.82, 2.24) is 14.9 Å². The van der Waals surface area contributed by atoms with Crippen LogP contribution in [0.5, 0.6) is 0 Å². The van der Waals surface area contributed by atoms with Crippen molar-refractivity contribution in [3.63, 3.8) is 0 Å². The van der Waals surface area contributed by atoms with Gasteiger partial charge in [0.25, 0.3) is 0 Å². The van der Waals surface area contributed by atoms with Crippen LogP contribution in [0.15, 0.2) is 29.2 Å². The van der Waals surface area contributed by atoms with E-state index in [0.29, 0.717) is 11.4 Å². The SMILES string of the molecule is CCc1cccc(S(=O)(=O)NCCCN2CCNCC2)c1. The van der Waals surface area contributed by atoms with E-state index < -0.39 is 10.0 Å². The van der Waals surface area contributed by atoms with Gasteiger partial charge in [-0.25, -0.2) is 13.1 Å². The summed E-state index contributed by atoms with van der Waals surface area (Å²) in [6, 6.07) is 7.15. The number of hydrogen-bond donors (Lipinski definition) is 2. The molecule has 0 aliphatic carbocycles. The molecule has 0 bridgehead atoms. The molecule has 2 N–H and O–H groups in total. The van der Waals surface area contributed by atoms with Gasteiger partial charge in [0.15, 0.2) is 0 Å². The number of benzene rings is 1. The van der Waals surface area contributed by atoms with Crippen LogP contribution in [0.2, 0.25) is 0 Å². The van der Waals surface area contributed by atoms with Gasteiger partial charge >= 0.3 is 0 Å². The van der Waals surface area contributed by atoms with Gasteiger partial charge in [-0.05, 0) is 37.1 Å². The van der Waals surface area contributed by atoms with Crippen molar-refractivity contribution in [1.29, 1.82) is 0 Å². The lowest BCUT2D eigenvalue weighted by Crippen LogP contribution is -2.44. The van der Waals surface area contributed by atoms with E-state index in [0.717, 1.165) is 51.1 Å². The lowest BCUT2D eigenvalue weighted by Gasteiger charge is -2.27. The summed E-state index contributed by atoms with van der Waals surface area (Å²) < 4.78 is 27.1.